The first-order valence-corrected chi connectivity index (χ1v) is 4.38. The van der Waals surface area contributed by atoms with E-state index in [1.807, 2.05) is 20.8 Å². The SMILES string of the molecule is CC(C)(C)OC(=O)[C@H](N)C1CC1. The molecule has 0 spiro atoms. The zero-order chi connectivity index (χ0) is 9.35. The minimum atomic E-state index is -0.413. The summed E-state index contributed by atoms with van der Waals surface area (Å²) in [4.78, 5) is 11.3. The molecule has 1 saturated carbocycles. The Morgan fingerprint density at radius 2 is 2.00 bits per heavy atom. The summed E-state index contributed by atoms with van der Waals surface area (Å²) in [5.41, 5.74) is 5.24. The van der Waals surface area contributed by atoms with Gasteiger partial charge in [0.1, 0.15) is 11.6 Å². The first kappa shape index (κ1) is 9.52. The average molecular weight is 171 g/mol. The quantitative estimate of drug-likeness (QED) is 0.632. The summed E-state index contributed by atoms with van der Waals surface area (Å²) in [6.07, 6.45) is 2.14. The molecule has 0 radical (unpaired) electrons. The zero-order valence-corrected chi connectivity index (χ0v) is 7.96. The molecule has 0 aromatic carbocycles. The summed E-state index contributed by atoms with van der Waals surface area (Å²) in [5, 5.41) is 0. The second-order valence-corrected chi connectivity index (χ2v) is 4.40. The molecular formula is C9H17NO2. The van der Waals surface area contributed by atoms with Crippen LogP contribution in [0.4, 0.5) is 0 Å². The smallest absolute Gasteiger partial charge is 0.323 e. The molecule has 0 saturated heterocycles. The van der Waals surface area contributed by atoms with Crippen LogP contribution in [-0.2, 0) is 9.53 Å². The largest absolute Gasteiger partial charge is 0.459 e. The fourth-order valence-electron chi connectivity index (χ4n) is 1.02. The van der Waals surface area contributed by atoms with E-state index in [-0.39, 0.29) is 5.97 Å². The predicted molar refractivity (Wildman–Crippen MR) is 46.5 cm³/mol. The van der Waals surface area contributed by atoms with Crippen molar-refractivity contribution in [1.82, 2.24) is 0 Å². The van der Waals surface area contributed by atoms with Crippen LogP contribution in [0.5, 0.6) is 0 Å². The number of rotatable bonds is 2. The van der Waals surface area contributed by atoms with Crippen molar-refractivity contribution in [2.24, 2.45) is 11.7 Å². The van der Waals surface area contributed by atoms with Gasteiger partial charge in [-0.1, -0.05) is 0 Å². The zero-order valence-electron chi connectivity index (χ0n) is 7.96. The van der Waals surface area contributed by atoms with Crippen LogP contribution in [0, 0.1) is 5.92 Å². The second-order valence-electron chi connectivity index (χ2n) is 4.40. The van der Waals surface area contributed by atoms with Crippen molar-refractivity contribution < 1.29 is 9.53 Å². The standard InChI is InChI=1S/C9H17NO2/c1-9(2,3)12-8(11)7(10)6-4-5-6/h6-7H,4-5,10H2,1-3H3/t7-/m1/s1. The third-order valence-electron chi connectivity index (χ3n) is 1.81. The molecule has 0 aliphatic heterocycles. The minimum Gasteiger partial charge on any atom is -0.459 e. The lowest BCUT2D eigenvalue weighted by molar-refractivity contribution is -0.157. The third-order valence-corrected chi connectivity index (χ3v) is 1.81. The molecule has 0 aromatic heterocycles. The van der Waals surface area contributed by atoms with Gasteiger partial charge in [-0.3, -0.25) is 4.79 Å². The van der Waals surface area contributed by atoms with Crippen LogP contribution in [0.25, 0.3) is 0 Å². The van der Waals surface area contributed by atoms with Gasteiger partial charge in [-0.15, -0.1) is 0 Å². The molecule has 1 aliphatic carbocycles. The van der Waals surface area contributed by atoms with Gasteiger partial charge in [-0.05, 0) is 39.5 Å². The minimum absolute atomic E-state index is 0.259. The highest BCUT2D eigenvalue weighted by Gasteiger charge is 2.35. The number of ether oxygens (including phenoxy) is 1. The van der Waals surface area contributed by atoms with Gasteiger partial charge >= 0.3 is 5.97 Å². The van der Waals surface area contributed by atoms with Gasteiger partial charge in [0.15, 0.2) is 0 Å². The van der Waals surface area contributed by atoms with Crippen LogP contribution in [0.15, 0.2) is 0 Å². The highest BCUT2D eigenvalue weighted by molar-refractivity contribution is 5.76. The highest BCUT2D eigenvalue weighted by atomic mass is 16.6. The number of nitrogens with two attached hydrogens (primary N) is 1. The molecule has 1 fully saturated rings. The van der Waals surface area contributed by atoms with Crippen molar-refractivity contribution in [1.29, 1.82) is 0 Å². The van der Waals surface area contributed by atoms with Gasteiger partial charge < -0.3 is 10.5 Å². The lowest BCUT2D eigenvalue weighted by Crippen LogP contribution is -2.38. The fraction of sp³-hybridized carbons (Fsp3) is 0.889. The fourth-order valence-corrected chi connectivity index (χ4v) is 1.02. The predicted octanol–water partition coefficient (Wildman–Crippen LogP) is 1.07. The Hall–Kier alpha value is -0.570. The maximum atomic E-state index is 11.3. The Bertz CT molecular complexity index is 179. The highest BCUT2D eigenvalue weighted by Crippen LogP contribution is 2.32. The van der Waals surface area contributed by atoms with Crippen molar-refractivity contribution in [3.05, 3.63) is 0 Å². The van der Waals surface area contributed by atoms with E-state index in [9.17, 15) is 4.79 Å². The van der Waals surface area contributed by atoms with E-state index in [0.29, 0.717) is 5.92 Å². The molecule has 3 nitrogen and oxygen atoms in total. The van der Waals surface area contributed by atoms with Gasteiger partial charge in [-0.2, -0.15) is 0 Å². The van der Waals surface area contributed by atoms with Crippen molar-refractivity contribution in [3.63, 3.8) is 0 Å². The van der Waals surface area contributed by atoms with E-state index in [2.05, 4.69) is 0 Å². The molecule has 0 unspecified atom stereocenters. The maximum absolute atomic E-state index is 11.3. The van der Waals surface area contributed by atoms with Crippen LogP contribution in [0.3, 0.4) is 0 Å². The van der Waals surface area contributed by atoms with E-state index in [1.165, 1.54) is 0 Å². The Morgan fingerprint density at radius 1 is 1.50 bits per heavy atom. The lowest BCUT2D eigenvalue weighted by atomic mass is 10.1. The average Bonchev–Trinajstić information content (AvgIpc) is 2.62. The Labute approximate surface area is 73.3 Å². The number of hydrogen-bond donors (Lipinski definition) is 1. The molecule has 0 amide bonds. The van der Waals surface area contributed by atoms with Crippen molar-refractivity contribution in [2.45, 2.75) is 45.3 Å². The van der Waals surface area contributed by atoms with E-state index in [4.69, 9.17) is 10.5 Å². The van der Waals surface area contributed by atoms with Gasteiger partial charge in [-0.25, -0.2) is 0 Å². The number of hydrogen-bond acceptors (Lipinski definition) is 3. The van der Waals surface area contributed by atoms with Gasteiger partial charge in [0.2, 0.25) is 0 Å². The molecule has 0 aromatic rings. The van der Waals surface area contributed by atoms with Gasteiger partial charge in [0.25, 0.3) is 0 Å². The molecule has 70 valence electrons. The van der Waals surface area contributed by atoms with E-state index >= 15 is 0 Å². The number of esters is 1. The van der Waals surface area contributed by atoms with Crippen molar-refractivity contribution in [3.8, 4) is 0 Å². The maximum Gasteiger partial charge on any atom is 0.323 e. The molecule has 1 rings (SSSR count). The summed E-state index contributed by atoms with van der Waals surface area (Å²) >= 11 is 0. The van der Waals surface area contributed by atoms with E-state index in [1.54, 1.807) is 0 Å². The lowest BCUT2D eigenvalue weighted by Gasteiger charge is -2.21. The molecule has 0 bridgehead atoms. The summed E-state index contributed by atoms with van der Waals surface area (Å²) in [6.45, 7) is 5.56. The first-order chi connectivity index (χ1) is 5.40. The molecular weight excluding hydrogens is 154 g/mol. The first-order valence-electron chi connectivity index (χ1n) is 4.38. The summed E-state index contributed by atoms with van der Waals surface area (Å²) in [7, 11) is 0. The van der Waals surface area contributed by atoms with Gasteiger partial charge in [0.05, 0.1) is 0 Å². The molecule has 3 heteroatoms. The van der Waals surface area contributed by atoms with Gasteiger partial charge in [0, 0.05) is 0 Å². The summed E-state index contributed by atoms with van der Waals surface area (Å²) in [5.74, 6) is 0.116. The third kappa shape index (κ3) is 2.81. The van der Waals surface area contributed by atoms with Crippen molar-refractivity contribution in [2.75, 3.05) is 0 Å². The Morgan fingerprint density at radius 3 is 2.33 bits per heavy atom. The monoisotopic (exact) mass is 171 g/mol. The molecule has 1 atom stereocenters. The Kier molecular flexibility index (Phi) is 2.42. The topological polar surface area (TPSA) is 52.3 Å². The molecule has 2 N–H and O–H groups in total. The molecule has 12 heavy (non-hydrogen) atoms. The number of carbonyl (C=O) groups excluding carboxylic acids is 1. The summed E-state index contributed by atoms with van der Waals surface area (Å²) in [6, 6.07) is -0.399. The van der Waals surface area contributed by atoms with E-state index < -0.39 is 11.6 Å². The Balaban J connectivity index is 2.36. The second kappa shape index (κ2) is 3.05. The van der Waals surface area contributed by atoms with Crippen LogP contribution in [0.1, 0.15) is 33.6 Å². The van der Waals surface area contributed by atoms with Crippen molar-refractivity contribution >= 4 is 5.97 Å². The molecule has 1 aliphatic rings. The normalized spacial score (nSPS) is 20.3. The number of carbonyl (C=O) groups is 1. The van der Waals surface area contributed by atoms with Crippen LogP contribution >= 0.6 is 0 Å². The molecule has 0 heterocycles. The van der Waals surface area contributed by atoms with Crippen LogP contribution < -0.4 is 5.73 Å². The van der Waals surface area contributed by atoms with Crippen LogP contribution in [0.2, 0.25) is 0 Å². The van der Waals surface area contributed by atoms with E-state index in [0.717, 1.165) is 12.8 Å². The summed E-state index contributed by atoms with van der Waals surface area (Å²) < 4.78 is 5.14. The van der Waals surface area contributed by atoms with Crippen LogP contribution in [-0.4, -0.2) is 17.6 Å².